The van der Waals surface area contributed by atoms with E-state index in [0.29, 0.717) is 0 Å². The average Bonchev–Trinajstić information content (AvgIpc) is 2.72. The molecule has 0 radical (unpaired) electrons. The van der Waals surface area contributed by atoms with Gasteiger partial charge in [-0.2, -0.15) is 12.6 Å². The molecule has 0 saturated heterocycles. The molecule has 34 heavy (non-hydrogen) atoms. The van der Waals surface area contributed by atoms with Crippen LogP contribution in [-0.4, -0.2) is 77.1 Å². The summed E-state index contributed by atoms with van der Waals surface area (Å²) >= 11 is 3.91. The molecule has 4 amide bonds. The number of aliphatic carboxylic acids is 1. The highest BCUT2D eigenvalue weighted by Gasteiger charge is 2.31. The Balaban J connectivity index is 5.61. The number of carbonyl (C=O) groups excluding carboxylic acids is 4. The summed E-state index contributed by atoms with van der Waals surface area (Å²) in [5.74, 6) is -4.69. The second kappa shape index (κ2) is 15.7. The number of carbonyl (C=O) groups is 5. The quantitative estimate of drug-likeness (QED) is 0.0442. The van der Waals surface area contributed by atoms with Crippen LogP contribution in [0.5, 0.6) is 0 Å². The number of aliphatic imine (C=N–C) groups is 1. The van der Waals surface area contributed by atoms with E-state index in [2.05, 4.69) is 33.6 Å². The molecule has 0 aromatic carbocycles. The summed E-state index contributed by atoms with van der Waals surface area (Å²) in [6, 6.07) is -4.84. The molecular formula is C19H36N8O6S. The van der Waals surface area contributed by atoms with Crippen LogP contribution in [0.3, 0.4) is 0 Å². The first-order valence-electron chi connectivity index (χ1n) is 10.6. The van der Waals surface area contributed by atoms with Crippen molar-refractivity contribution in [2.24, 2.45) is 33.8 Å². The Labute approximate surface area is 203 Å². The second-order valence-corrected chi connectivity index (χ2v) is 8.42. The van der Waals surface area contributed by atoms with Gasteiger partial charge in [0.05, 0.1) is 12.5 Å². The van der Waals surface area contributed by atoms with Crippen LogP contribution in [0, 0.1) is 5.92 Å². The Morgan fingerprint density at radius 3 is 1.91 bits per heavy atom. The van der Waals surface area contributed by atoms with Crippen molar-refractivity contribution in [1.29, 1.82) is 0 Å². The lowest BCUT2D eigenvalue weighted by Gasteiger charge is -2.25. The molecule has 0 fully saturated rings. The maximum atomic E-state index is 12.8. The van der Waals surface area contributed by atoms with Crippen molar-refractivity contribution >= 4 is 48.2 Å². The molecule has 0 aromatic heterocycles. The lowest BCUT2D eigenvalue weighted by molar-refractivity contribution is -0.143. The number of hydrogen-bond donors (Lipinski definition) is 9. The second-order valence-electron chi connectivity index (χ2n) is 8.06. The van der Waals surface area contributed by atoms with Gasteiger partial charge in [0.2, 0.25) is 23.6 Å². The topological polar surface area (TPSA) is 258 Å². The largest absolute Gasteiger partial charge is 0.480 e. The fourth-order valence-corrected chi connectivity index (χ4v) is 2.95. The van der Waals surface area contributed by atoms with Gasteiger partial charge >= 0.3 is 5.97 Å². The summed E-state index contributed by atoms with van der Waals surface area (Å²) in [5.41, 5.74) is 21.3. The third kappa shape index (κ3) is 12.8. The number of hydrogen-bond acceptors (Lipinski definition) is 8. The molecule has 0 heterocycles. The highest BCUT2D eigenvalue weighted by atomic mass is 32.1. The van der Waals surface area contributed by atoms with Crippen molar-refractivity contribution in [2.45, 2.75) is 63.7 Å². The Morgan fingerprint density at radius 1 is 0.912 bits per heavy atom. The van der Waals surface area contributed by atoms with E-state index in [1.54, 1.807) is 13.8 Å². The van der Waals surface area contributed by atoms with Gasteiger partial charge in [-0.05, 0) is 25.2 Å². The molecule has 0 rings (SSSR count). The Hall–Kier alpha value is -3.07. The van der Waals surface area contributed by atoms with Gasteiger partial charge in [-0.1, -0.05) is 13.8 Å². The normalized spacial score (nSPS) is 14.3. The van der Waals surface area contributed by atoms with Gasteiger partial charge in [-0.15, -0.1) is 0 Å². The molecule has 0 aliphatic rings. The lowest BCUT2D eigenvalue weighted by atomic mass is 10.0. The van der Waals surface area contributed by atoms with E-state index < -0.39 is 60.2 Å². The average molecular weight is 505 g/mol. The molecule has 0 aromatic rings. The zero-order valence-electron chi connectivity index (χ0n) is 19.3. The van der Waals surface area contributed by atoms with Gasteiger partial charge < -0.3 is 44.0 Å². The first-order chi connectivity index (χ1) is 15.8. The van der Waals surface area contributed by atoms with E-state index in [1.165, 1.54) is 0 Å². The van der Waals surface area contributed by atoms with E-state index in [9.17, 15) is 29.1 Å². The van der Waals surface area contributed by atoms with Crippen molar-refractivity contribution in [1.82, 2.24) is 16.0 Å². The van der Waals surface area contributed by atoms with Crippen molar-refractivity contribution in [3.05, 3.63) is 0 Å². The third-order valence-electron chi connectivity index (χ3n) is 4.47. The van der Waals surface area contributed by atoms with Crippen molar-refractivity contribution in [3.8, 4) is 0 Å². The number of nitrogens with two attached hydrogens (primary N) is 4. The fraction of sp³-hybridized carbons (Fsp3) is 0.684. The van der Waals surface area contributed by atoms with Crippen molar-refractivity contribution < 1.29 is 29.1 Å². The molecule has 14 nitrogen and oxygen atoms in total. The molecular weight excluding hydrogens is 468 g/mol. The lowest BCUT2D eigenvalue weighted by Crippen LogP contribution is -2.58. The summed E-state index contributed by atoms with van der Waals surface area (Å²) in [4.78, 5) is 64.5. The van der Waals surface area contributed by atoms with Gasteiger partial charge in [-0.3, -0.25) is 24.2 Å². The zero-order chi connectivity index (χ0) is 26.4. The molecule has 12 N–H and O–H groups in total. The van der Waals surface area contributed by atoms with Crippen LogP contribution >= 0.6 is 12.6 Å². The number of carboxylic acids is 1. The van der Waals surface area contributed by atoms with Gasteiger partial charge in [0.25, 0.3) is 0 Å². The Kier molecular flexibility index (Phi) is 14.3. The van der Waals surface area contributed by atoms with E-state index >= 15 is 0 Å². The molecule has 0 aliphatic heterocycles. The molecule has 0 spiro atoms. The molecule has 194 valence electrons. The number of guanidine groups is 1. The van der Waals surface area contributed by atoms with E-state index in [4.69, 9.17) is 22.9 Å². The molecule has 4 unspecified atom stereocenters. The van der Waals surface area contributed by atoms with Gasteiger partial charge in [0.1, 0.15) is 18.1 Å². The van der Waals surface area contributed by atoms with E-state index in [1.807, 2.05) is 0 Å². The van der Waals surface area contributed by atoms with Crippen LogP contribution in [0.25, 0.3) is 0 Å². The number of nitrogens with zero attached hydrogens (tertiary/aromatic N) is 1. The van der Waals surface area contributed by atoms with Crippen LogP contribution in [-0.2, 0) is 24.0 Å². The smallest absolute Gasteiger partial charge is 0.326 e. The predicted octanol–water partition coefficient (Wildman–Crippen LogP) is -3.24. The minimum atomic E-state index is -1.41. The summed E-state index contributed by atoms with van der Waals surface area (Å²) in [7, 11) is 0. The maximum Gasteiger partial charge on any atom is 0.326 e. The number of carboxylic acid groups (broad SMARTS) is 1. The number of amides is 4. The third-order valence-corrected chi connectivity index (χ3v) is 4.87. The number of primary amides is 1. The molecule has 15 heteroatoms. The molecule has 0 aliphatic carbocycles. The van der Waals surface area contributed by atoms with Crippen LogP contribution in [0.4, 0.5) is 0 Å². The zero-order valence-corrected chi connectivity index (χ0v) is 20.2. The van der Waals surface area contributed by atoms with Gasteiger partial charge in [-0.25, -0.2) is 4.79 Å². The van der Waals surface area contributed by atoms with Gasteiger partial charge in [0, 0.05) is 12.3 Å². The predicted molar refractivity (Wildman–Crippen MR) is 128 cm³/mol. The van der Waals surface area contributed by atoms with Crippen LogP contribution in [0.1, 0.15) is 39.5 Å². The van der Waals surface area contributed by atoms with Crippen LogP contribution < -0.4 is 38.9 Å². The van der Waals surface area contributed by atoms with E-state index in [0.717, 1.165) is 0 Å². The highest BCUT2D eigenvalue weighted by Crippen LogP contribution is 2.07. The number of rotatable bonds is 16. The molecule has 4 atom stereocenters. The SMILES string of the molecule is CC(C)CC(NC(=O)C(CCCN=C(N)N)NC(=O)C(CC(N)=O)NC(=O)C(N)CS)C(=O)O. The van der Waals surface area contributed by atoms with Crippen molar-refractivity contribution in [2.75, 3.05) is 12.3 Å². The minimum Gasteiger partial charge on any atom is -0.480 e. The summed E-state index contributed by atoms with van der Waals surface area (Å²) < 4.78 is 0. The first-order valence-corrected chi connectivity index (χ1v) is 11.3. The minimum absolute atomic E-state index is 0.0149. The summed E-state index contributed by atoms with van der Waals surface area (Å²) in [5, 5.41) is 16.5. The van der Waals surface area contributed by atoms with Crippen molar-refractivity contribution in [3.63, 3.8) is 0 Å². The number of thiol groups is 1. The van der Waals surface area contributed by atoms with Crippen LogP contribution in [0.2, 0.25) is 0 Å². The summed E-state index contributed by atoms with van der Waals surface area (Å²) in [6.45, 7) is 3.74. The number of nitrogens with one attached hydrogen (secondary N) is 3. The molecule has 0 saturated carbocycles. The Bertz CT molecular complexity index is 759. The maximum absolute atomic E-state index is 12.8. The highest BCUT2D eigenvalue weighted by molar-refractivity contribution is 7.80. The standard InChI is InChI=1S/C19H36N8O6S/c1-9(2)6-13(18(32)33)27-16(30)11(4-3-5-24-19(22)23)25-17(31)12(7-14(21)28)26-15(29)10(20)8-34/h9-13,34H,3-8,20H2,1-2H3,(H2,21,28)(H,25,31)(H,26,29)(H,27,30)(H,32,33)(H4,22,23,24). The summed E-state index contributed by atoms with van der Waals surface area (Å²) in [6.07, 6.45) is -0.0899. The Morgan fingerprint density at radius 2 is 1.44 bits per heavy atom. The first kappa shape index (κ1) is 30.9. The molecule has 0 bridgehead atoms. The van der Waals surface area contributed by atoms with Crippen LogP contribution in [0.15, 0.2) is 4.99 Å². The van der Waals surface area contributed by atoms with Gasteiger partial charge in [0.15, 0.2) is 5.96 Å². The van der Waals surface area contributed by atoms with E-state index in [-0.39, 0.29) is 43.4 Å². The monoisotopic (exact) mass is 504 g/mol. The fourth-order valence-electron chi connectivity index (χ4n) is 2.78.